The van der Waals surface area contributed by atoms with Crippen molar-refractivity contribution in [2.45, 2.75) is 51.1 Å². The van der Waals surface area contributed by atoms with Gasteiger partial charge in [0, 0.05) is 6.54 Å². The molecule has 3 heterocycles. The zero-order valence-electron chi connectivity index (χ0n) is 18.8. The van der Waals surface area contributed by atoms with E-state index < -0.39 is 0 Å². The van der Waals surface area contributed by atoms with Gasteiger partial charge in [0.1, 0.15) is 0 Å². The molecule has 0 atom stereocenters. The lowest BCUT2D eigenvalue weighted by molar-refractivity contribution is 0.540. The molecule has 168 valence electrons. The molecule has 0 aliphatic carbocycles. The third-order valence-corrected chi connectivity index (χ3v) is 6.64. The number of hydrogen-bond acceptors (Lipinski definition) is 7. The predicted molar refractivity (Wildman–Crippen MR) is 128 cm³/mol. The number of hydrogen-bond donors (Lipinski definition) is 0. The van der Waals surface area contributed by atoms with Crippen molar-refractivity contribution < 1.29 is 0 Å². The van der Waals surface area contributed by atoms with Crippen molar-refractivity contribution in [2.75, 3.05) is 0 Å². The molecule has 0 spiro atoms. The second-order valence-corrected chi connectivity index (χ2v) is 8.92. The van der Waals surface area contributed by atoms with Gasteiger partial charge in [-0.1, -0.05) is 55.4 Å². The summed E-state index contributed by atoms with van der Waals surface area (Å²) in [5, 5.41) is 22.3. The molecule has 0 saturated heterocycles. The highest BCUT2D eigenvalue weighted by atomic mass is 32.2. The molecule has 33 heavy (non-hydrogen) atoms. The van der Waals surface area contributed by atoms with Crippen LogP contribution in [0.2, 0.25) is 0 Å². The number of unbranched alkanes of at least 4 members (excludes halogenated alkanes) is 1. The van der Waals surface area contributed by atoms with Crippen LogP contribution in [0.1, 0.15) is 36.7 Å². The van der Waals surface area contributed by atoms with E-state index in [4.69, 9.17) is 0 Å². The molecule has 2 aromatic carbocycles. The summed E-state index contributed by atoms with van der Waals surface area (Å²) in [6.07, 6.45) is 2.09. The molecule has 0 N–H and O–H groups in total. The first-order valence-electron chi connectivity index (χ1n) is 10.9. The Bertz CT molecular complexity index is 1500. The van der Waals surface area contributed by atoms with Crippen LogP contribution in [-0.2, 0) is 12.3 Å². The quantitative estimate of drug-likeness (QED) is 0.342. The van der Waals surface area contributed by atoms with Gasteiger partial charge in [0.25, 0.3) is 5.56 Å². The Morgan fingerprint density at radius 1 is 0.970 bits per heavy atom. The largest absolute Gasteiger partial charge is 0.268 e. The van der Waals surface area contributed by atoms with E-state index in [1.54, 1.807) is 4.57 Å². The first kappa shape index (κ1) is 21.3. The van der Waals surface area contributed by atoms with Crippen molar-refractivity contribution in [1.29, 1.82) is 0 Å². The van der Waals surface area contributed by atoms with Crippen LogP contribution in [-0.4, -0.2) is 39.4 Å². The summed E-state index contributed by atoms with van der Waals surface area (Å²) in [5.41, 5.74) is 3.51. The van der Waals surface area contributed by atoms with Crippen LogP contribution in [0, 0.1) is 13.8 Å². The lowest BCUT2D eigenvalue weighted by Crippen LogP contribution is -2.23. The van der Waals surface area contributed by atoms with Gasteiger partial charge >= 0.3 is 0 Å². The maximum Gasteiger partial charge on any atom is 0.267 e. The van der Waals surface area contributed by atoms with Crippen LogP contribution in [0.25, 0.3) is 22.4 Å². The van der Waals surface area contributed by atoms with Gasteiger partial charge in [-0.2, -0.15) is 0 Å². The van der Waals surface area contributed by atoms with Gasteiger partial charge in [-0.25, -0.2) is 9.25 Å². The van der Waals surface area contributed by atoms with Crippen LogP contribution in [0.3, 0.4) is 0 Å². The number of aromatic nitrogens is 8. The van der Waals surface area contributed by atoms with Crippen molar-refractivity contribution in [3.8, 4) is 5.69 Å². The maximum absolute atomic E-state index is 13.6. The van der Waals surface area contributed by atoms with Crippen LogP contribution < -0.4 is 5.56 Å². The Morgan fingerprint density at radius 3 is 2.55 bits per heavy atom. The fourth-order valence-corrected chi connectivity index (χ4v) is 4.94. The van der Waals surface area contributed by atoms with Gasteiger partial charge in [-0.3, -0.25) is 9.20 Å². The summed E-state index contributed by atoms with van der Waals surface area (Å²) >= 11 is 1.51. The second kappa shape index (κ2) is 8.78. The lowest BCUT2D eigenvalue weighted by atomic mass is 10.1. The average molecular weight is 461 g/mol. The average Bonchev–Trinajstić information content (AvgIpc) is 3.45. The van der Waals surface area contributed by atoms with Crippen LogP contribution in [0.5, 0.6) is 0 Å². The fourth-order valence-electron chi connectivity index (χ4n) is 4.07. The predicted octanol–water partition coefficient (Wildman–Crippen LogP) is 3.73. The first-order chi connectivity index (χ1) is 16.1. The zero-order valence-corrected chi connectivity index (χ0v) is 19.6. The summed E-state index contributed by atoms with van der Waals surface area (Å²) in [5.74, 6) is 1.83. The molecule has 0 aliphatic heterocycles. The highest BCUT2D eigenvalue weighted by Crippen LogP contribution is 2.27. The number of rotatable bonds is 7. The smallest absolute Gasteiger partial charge is 0.267 e. The summed E-state index contributed by atoms with van der Waals surface area (Å²) in [7, 11) is 0. The number of para-hydroxylation sites is 2. The summed E-state index contributed by atoms with van der Waals surface area (Å²) < 4.78 is 5.47. The fraction of sp³-hybridized carbons (Fsp3) is 0.304. The summed E-state index contributed by atoms with van der Waals surface area (Å²) in [6.45, 7) is 6.93. The highest BCUT2D eigenvalue weighted by Gasteiger charge is 2.20. The standard InChI is InChI=1S/C23H24N8OS/c1-4-5-13-29-19(24-27-28-29)14-33-23-26-25-22-30(23)18-12-7-6-11-17(18)21(32)31(22)20-15(2)9-8-10-16(20)3/h6-12H,4-5,13-14H2,1-3H3. The molecule has 3 aromatic heterocycles. The van der Waals surface area contributed by atoms with Gasteiger partial charge < -0.3 is 0 Å². The van der Waals surface area contributed by atoms with Gasteiger partial charge in [0.2, 0.25) is 5.78 Å². The van der Waals surface area contributed by atoms with E-state index >= 15 is 0 Å². The molecule has 0 unspecified atom stereocenters. The molecule has 10 heteroatoms. The first-order valence-corrected chi connectivity index (χ1v) is 11.9. The molecule has 5 rings (SSSR count). The van der Waals surface area contributed by atoms with E-state index in [0.29, 0.717) is 22.1 Å². The minimum Gasteiger partial charge on any atom is -0.268 e. The molecule has 0 radical (unpaired) electrons. The molecule has 0 amide bonds. The van der Waals surface area contributed by atoms with Gasteiger partial charge in [-0.15, -0.1) is 15.3 Å². The lowest BCUT2D eigenvalue weighted by Gasteiger charge is -2.15. The van der Waals surface area contributed by atoms with Crippen molar-refractivity contribution >= 4 is 28.4 Å². The SMILES string of the molecule is CCCCn1nnnc1CSc1nnc2n(-c3c(C)cccc3C)c(=O)c3ccccc3n12. The number of fused-ring (bicyclic) bond motifs is 3. The molecule has 0 fully saturated rings. The number of tetrazole rings is 1. The third kappa shape index (κ3) is 3.70. The molecule has 0 bridgehead atoms. The van der Waals surface area contributed by atoms with Crippen molar-refractivity contribution in [2.24, 2.45) is 0 Å². The van der Waals surface area contributed by atoms with Gasteiger partial charge in [0.05, 0.1) is 22.3 Å². The topological polar surface area (TPSA) is 95.8 Å². The van der Waals surface area contributed by atoms with Gasteiger partial charge in [0.15, 0.2) is 11.0 Å². The van der Waals surface area contributed by atoms with E-state index in [1.807, 2.05) is 65.4 Å². The monoisotopic (exact) mass is 460 g/mol. The summed E-state index contributed by atoms with van der Waals surface area (Å²) in [6, 6.07) is 13.6. The van der Waals surface area contributed by atoms with E-state index in [2.05, 4.69) is 32.6 Å². The number of benzene rings is 2. The van der Waals surface area contributed by atoms with E-state index in [1.165, 1.54) is 11.8 Å². The van der Waals surface area contributed by atoms with Gasteiger partial charge in [-0.05, 0) is 54.0 Å². The Morgan fingerprint density at radius 2 is 1.76 bits per heavy atom. The molecule has 9 nitrogen and oxygen atoms in total. The Labute approximate surface area is 194 Å². The van der Waals surface area contributed by atoms with Crippen molar-refractivity contribution in [3.63, 3.8) is 0 Å². The molecule has 0 aliphatic rings. The maximum atomic E-state index is 13.6. The highest BCUT2D eigenvalue weighted by molar-refractivity contribution is 7.98. The second-order valence-electron chi connectivity index (χ2n) is 7.98. The molecular weight excluding hydrogens is 436 g/mol. The summed E-state index contributed by atoms with van der Waals surface area (Å²) in [4.78, 5) is 13.6. The van der Waals surface area contributed by atoms with E-state index in [-0.39, 0.29) is 5.56 Å². The number of thioether (sulfide) groups is 1. The molecular formula is C23H24N8OS. The van der Waals surface area contributed by atoms with E-state index in [9.17, 15) is 4.79 Å². The molecule has 0 saturated carbocycles. The number of aryl methyl sites for hydroxylation is 3. The minimum atomic E-state index is -0.108. The third-order valence-electron chi connectivity index (χ3n) is 5.72. The Balaban J connectivity index is 1.67. The zero-order chi connectivity index (χ0) is 22.9. The van der Waals surface area contributed by atoms with Crippen LogP contribution in [0.4, 0.5) is 0 Å². The van der Waals surface area contributed by atoms with Crippen LogP contribution >= 0.6 is 11.8 Å². The van der Waals surface area contributed by atoms with Crippen LogP contribution in [0.15, 0.2) is 52.4 Å². The molecule has 5 aromatic rings. The van der Waals surface area contributed by atoms with Crippen molar-refractivity contribution in [3.05, 3.63) is 69.8 Å². The Kier molecular flexibility index (Phi) is 5.67. The normalized spacial score (nSPS) is 11.6. The minimum absolute atomic E-state index is 0.108. The Hall–Kier alpha value is -3.53. The number of nitrogens with zero attached hydrogens (tertiary/aromatic N) is 8. The van der Waals surface area contributed by atoms with E-state index in [0.717, 1.165) is 47.5 Å². The van der Waals surface area contributed by atoms with Crippen molar-refractivity contribution in [1.82, 2.24) is 39.4 Å².